The minimum Gasteiger partial charge on any atom is -0.348 e. The fraction of sp³-hybridized carbons (Fsp3) is 0.364. The number of nitrogens with one attached hydrogen (secondary N) is 1. The van der Waals surface area contributed by atoms with Crippen molar-refractivity contribution >= 4 is 5.91 Å². The molecule has 0 aromatic heterocycles. The molecule has 0 bridgehead atoms. The third-order valence-corrected chi connectivity index (χ3v) is 2.87. The van der Waals surface area contributed by atoms with Gasteiger partial charge in [0.1, 0.15) is 0 Å². The van der Waals surface area contributed by atoms with Gasteiger partial charge in [-0.1, -0.05) is 12.1 Å². The molecule has 0 radical (unpaired) electrons. The first kappa shape index (κ1) is 7.13. The summed E-state index contributed by atoms with van der Waals surface area (Å²) < 4.78 is 0. The van der Waals surface area contributed by atoms with Gasteiger partial charge in [-0.05, 0) is 36.0 Å². The predicted molar refractivity (Wildman–Crippen MR) is 49.6 cm³/mol. The van der Waals surface area contributed by atoms with E-state index >= 15 is 0 Å². The van der Waals surface area contributed by atoms with Gasteiger partial charge < -0.3 is 5.32 Å². The fourth-order valence-electron chi connectivity index (χ4n) is 1.90. The highest BCUT2D eigenvalue weighted by atomic mass is 16.1. The third kappa shape index (κ3) is 1.05. The molecule has 1 aromatic rings. The number of carbonyl (C=O) groups excluding carboxylic acids is 1. The molecule has 0 atom stereocenters. The number of carbonyl (C=O) groups is 1. The maximum absolute atomic E-state index is 11.3. The van der Waals surface area contributed by atoms with Crippen molar-refractivity contribution in [2.75, 3.05) is 0 Å². The minimum absolute atomic E-state index is 0.0949. The van der Waals surface area contributed by atoms with E-state index < -0.39 is 0 Å². The molecule has 0 unspecified atom stereocenters. The topological polar surface area (TPSA) is 29.1 Å². The molecule has 1 amide bonds. The Hall–Kier alpha value is -1.31. The van der Waals surface area contributed by atoms with Gasteiger partial charge in [0, 0.05) is 12.1 Å². The number of hydrogen-bond acceptors (Lipinski definition) is 1. The summed E-state index contributed by atoms with van der Waals surface area (Å²) in [5.74, 6) is 0.830. The Balaban J connectivity index is 2.09. The van der Waals surface area contributed by atoms with E-state index in [-0.39, 0.29) is 5.91 Å². The van der Waals surface area contributed by atoms with Crippen molar-refractivity contribution in [2.24, 2.45) is 0 Å². The van der Waals surface area contributed by atoms with E-state index in [1.54, 1.807) is 0 Å². The zero-order valence-electron chi connectivity index (χ0n) is 7.34. The number of amides is 1. The van der Waals surface area contributed by atoms with Gasteiger partial charge in [-0.15, -0.1) is 0 Å². The van der Waals surface area contributed by atoms with E-state index in [2.05, 4.69) is 23.5 Å². The summed E-state index contributed by atoms with van der Waals surface area (Å²) in [6, 6.07) is 6.31. The highest BCUT2D eigenvalue weighted by Crippen LogP contribution is 2.40. The Labute approximate surface area is 77.0 Å². The zero-order chi connectivity index (χ0) is 8.84. The van der Waals surface area contributed by atoms with Crippen LogP contribution in [-0.2, 0) is 6.54 Å². The van der Waals surface area contributed by atoms with Crippen LogP contribution < -0.4 is 5.32 Å². The summed E-state index contributed by atoms with van der Waals surface area (Å²) in [6.07, 6.45) is 2.58. The van der Waals surface area contributed by atoms with Crippen molar-refractivity contribution in [3.05, 3.63) is 34.9 Å². The van der Waals surface area contributed by atoms with E-state index in [0.717, 1.165) is 17.0 Å². The molecular formula is C11H11NO. The fourth-order valence-corrected chi connectivity index (χ4v) is 1.90. The molecule has 1 aromatic carbocycles. The van der Waals surface area contributed by atoms with Crippen LogP contribution in [0.25, 0.3) is 0 Å². The van der Waals surface area contributed by atoms with E-state index in [4.69, 9.17) is 0 Å². The summed E-state index contributed by atoms with van der Waals surface area (Å²) in [7, 11) is 0. The molecule has 0 spiro atoms. The van der Waals surface area contributed by atoms with Crippen LogP contribution in [0.3, 0.4) is 0 Å². The van der Waals surface area contributed by atoms with Crippen LogP contribution in [0.5, 0.6) is 0 Å². The van der Waals surface area contributed by atoms with Crippen LogP contribution in [-0.4, -0.2) is 5.91 Å². The molecule has 2 nitrogen and oxygen atoms in total. The Kier molecular flexibility index (Phi) is 1.29. The Bertz CT molecular complexity index is 380. The van der Waals surface area contributed by atoms with Gasteiger partial charge in [-0.25, -0.2) is 0 Å². The lowest BCUT2D eigenvalue weighted by Gasteiger charge is -2.00. The van der Waals surface area contributed by atoms with Crippen LogP contribution in [0.4, 0.5) is 0 Å². The molecule has 1 fully saturated rings. The zero-order valence-corrected chi connectivity index (χ0v) is 7.34. The Morgan fingerprint density at radius 3 is 2.92 bits per heavy atom. The smallest absolute Gasteiger partial charge is 0.251 e. The molecule has 3 rings (SSSR count). The minimum atomic E-state index is 0.0949. The molecule has 0 saturated heterocycles. The first-order chi connectivity index (χ1) is 6.34. The monoisotopic (exact) mass is 173 g/mol. The highest BCUT2D eigenvalue weighted by Gasteiger charge is 2.26. The molecule has 1 heterocycles. The van der Waals surface area contributed by atoms with E-state index in [1.165, 1.54) is 18.4 Å². The summed E-state index contributed by atoms with van der Waals surface area (Å²) in [6.45, 7) is 0.707. The summed E-state index contributed by atoms with van der Waals surface area (Å²) in [5, 5.41) is 2.83. The van der Waals surface area contributed by atoms with Crippen molar-refractivity contribution in [1.29, 1.82) is 0 Å². The largest absolute Gasteiger partial charge is 0.348 e. The van der Waals surface area contributed by atoms with Crippen molar-refractivity contribution in [2.45, 2.75) is 25.3 Å². The van der Waals surface area contributed by atoms with Crippen LogP contribution >= 0.6 is 0 Å². The SMILES string of the molecule is O=C1NCc2ccc(C3CC3)cc21. The summed E-state index contributed by atoms with van der Waals surface area (Å²) in [5.41, 5.74) is 3.38. The third-order valence-electron chi connectivity index (χ3n) is 2.87. The average Bonchev–Trinajstić information content (AvgIpc) is 2.93. The second kappa shape index (κ2) is 2.34. The first-order valence-corrected chi connectivity index (χ1v) is 4.75. The lowest BCUT2D eigenvalue weighted by atomic mass is 10.0. The van der Waals surface area contributed by atoms with E-state index in [9.17, 15) is 4.79 Å². The number of benzene rings is 1. The molecule has 1 aliphatic heterocycles. The van der Waals surface area contributed by atoms with Crippen molar-refractivity contribution in [3.63, 3.8) is 0 Å². The number of rotatable bonds is 1. The first-order valence-electron chi connectivity index (χ1n) is 4.75. The molecule has 13 heavy (non-hydrogen) atoms. The highest BCUT2D eigenvalue weighted by molar-refractivity contribution is 5.98. The van der Waals surface area contributed by atoms with E-state index in [1.807, 2.05) is 0 Å². The van der Waals surface area contributed by atoms with Crippen molar-refractivity contribution in [3.8, 4) is 0 Å². The van der Waals surface area contributed by atoms with Crippen LogP contribution in [0.2, 0.25) is 0 Å². The van der Waals surface area contributed by atoms with Gasteiger partial charge >= 0.3 is 0 Å². The average molecular weight is 173 g/mol. The quantitative estimate of drug-likeness (QED) is 0.689. The van der Waals surface area contributed by atoms with Gasteiger partial charge in [-0.2, -0.15) is 0 Å². The van der Waals surface area contributed by atoms with E-state index in [0.29, 0.717) is 6.54 Å². The normalized spacial score (nSPS) is 19.8. The van der Waals surface area contributed by atoms with Gasteiger partial charge in [0.15, 0.2) is 0 Å². The molecule has 1 aliphatic carbocycles. The standard InChI is InChI=1S/C11H11NO/c13-11-10-5-8(7-1-2-7)3-4-9(10)6-12-11/h3-5,7H,1-2,6H2,(H,12,13). The Morgan fingerprint density at radius 2 is 2.15 bits per heavy atom. The second-order valence-corrected chi connectivity index (χ2v) is 3.87. The van der Waals surface area contributed by atoms with Crippen LogP contribution in [0, 0.1) is 0 Å². The maximum Gasteiger partial charge on any atom is 0.251 e. The lowest BCUT2D eigenvalue weighted by Crippen LogP contribution is -2.12. The summed E-state index contributed by atoms with van der Waals surface area (Å²) in [4.78, 5) is 11.3. The summed E-state index contributed by atoms with van der Waals surface area (Å²) >= 11 is 0. The van der Waals surface area contributed by atoms with Crippen molar-refractivity contribution < 1.29 is 4.79 Å². The number of hydrogen-bond donors (Lipinski definition) is 1. The molecule has 2 aliphatic rings. The molecular weight excluding hydrogens is 162 g/mol. The second-order valence-electron chi connectivity index (χ2n) is 3.87. The molecule has 1 saturated carbocycles. The molecule has 2 heteroatoms. The maximum atomic E-state index is 11.3. The lowest BCUT2D eigenvalue weighted by molar-refractivity contribution is 0.0965. The van der Waals surface area contributed by atoms with Crippen LogP contribution in [0.15, 0.2) is 18.2 Å². The van der Waals surface area contributed by atoms with Crippen LogP contribution in [0.1, 0.15) is 40.2 Å². The number of fused-ring (bicyclic) bond motifs is 1. The Morgan fingerprint density at radius 1 is 1.31 bits per heavy atom. The van der Waals surface area contributed by atoms with Gasteiger partial charge in [0.05, 0.1) is 0 Å². The van der Waals surface area contributed by atoms with Gasteiger partial charge in [0.25, 0.3) is 5.91 Å². The molecule has 1 N–H and O–H groups in total. The molecule has 66 valence electrons. The van der Waals surface area contributed by atoms with Crippen molar-refractivity contribution in [1.82, 2.24) is 5.32 Å². The van der Waals surface area contributed by atoms with Gasteiger partial charge in [0.2, 0.25) is 0 Å². The van der Waals surface area contributed by atoms with Gasteiger partial charge in [-0.3, -0.25) is 4.79 Å². The predicted octanol–water partition coefficient (Wildman–Crippen LogP) is 1.81.